The first-order valence-electron chi connectivity index (χ1n) is 5.83. The number of aliphatic hydroxyl groups is 1. The maximum Gasteiger partial charge on any atom is 0.151 e. The molecule has 0 fully saturated rings. The number of aromatic nitrogens is 1. The number of benzene rings is 1. The van der Waals surface area contributed by atoms with Gasteiger partial charge in [0.25, 0.3) is 0 Å². The van der Waals surface area contributed by atoms with E-state index in [0.29, 0.717) is 0 Å². The van der Waals surface area contributed by atoms with E-state index in [2.05, 4.69) is 4.98 Å². The quantitative estimate of drug-likeness (QED) is 0.890. The van der Waals surface area contributed by atoms with Gasteiger partial charge >= 0.3 is 0 Å². The van der Waals surface area contributed by atoms with Crippen LogP contribution in [0.5, 0.6) is 0 Å². The van der Waals surface area contributed by atoms with Gasteiger partial charge in [-0.1, -0.05) is 0 Å². The zero-order valence-corrected chi connectivity index (χ0v) is 10.9. The van der Waals surface area contributed by atoms with Gasteiger partial charge in [-0.3, -0.25) is 4.98 Å². The predicted molar refractivity (Wildman–Crippen MR) is 69.2 cm³/mol. The fourth-order valence-electron chi connectivity index (χ4n) is 1.79. The van der Waals surface area contributed by atoms with E-state index in [1.807, 2.05) is 0 Å². The second kappa shape index (κ2) is 4.79. The molecule has 0 saturated carbocycles. The average Bonchev–Trinajstić information content (AvgIpc) is 2.29. The van der Waals surface area contributed by atoms with Crippen molar-refractivity contribution < 1.29 is 18.3 Å². The Kier molecular flexibility index (Phi) is 3.43. The van der Waals surface area contributed by atoms with Crippen molar-refractivity contribution in [3.05, 3.63) is 47.4 Å². The SMILES string of the molecule is CC(C)(O)c1cc(F)c(-c2ncc(N)cc2F)c(F)c1. The third kappa shape index (κ3) is 2.60. The van der Waals surface area contributed by atoms with Crippen LogP contribution in [0.25, 0.3) is 11.3 Å². The van der Waals surface area contributed by atoms with Gasteiger partial charge in [-0.15, -0.1) is 0 Å². The molecule has 0 unspecified atom stereocenters. The molecule has 1 heterocycles. The van der Waals surface area contributed by atoms with Crippen molar-refractivity contribution in [2.45, 2.75) is 19.4 Å². The van der Waals surface area contributed by atoms with Crippen molar-refractivity contribution in [1.82, 2.24) is 4.98 Å². The number of rotatable bonds is 2. The lowest BCUT2D eigenvalue weighted by Gasteiger charge is -2.19. The third-order valence-corrected chi connectivity index (χ3v) is 2.85. The Bertz CT molecular complexity index is 643. The van der Waals surface area contributed by atoms with Crippen LogP contribution in [0.15, 0.2) is 24.4 Å². The number of halogens is 3. The molecule has 0 radical (unpaired) electrons. The summed E-state index contributed by atoms with van der Waals surface area (Å²) in [4.78, 5) is 3.62. The highest BCUT2D eigenvalue weighted by Crippen LogP contribution is 2.31. The third-order valence-electron chi connectivity index (χ3n) is 2.85. The van der Waals surface area contributed by atoms with E-state index >= 15 is 0 Å². The Morgan fingerprint density at radius 3 is 2.05 bits per heavy atom. The van der Waals surface area contributed by atoms with Crippen LogP contribution in [0.1, 0.15) is 19.4 Å². The van der Waals surface area contributed by atoms with E-state index in [1.54, 1.807) is 0 Å². The van der Waals surface area contributed by atoms with Crippen molar-refractivity contribution in [3.8, 4) is 11.3 Å². The van der Waals surface area contributed by atoms with Crippen LogP contribution in [-0.4, -0.2) is 10.1 Å². The minimum atomic E-state index is -1.41. The molecule has 0 aliphatic carbocycles. The van der Waals surface area contributed by atoms with Gasteiger partial charge < -0.3 is 10.8 Å². The highest BCUT2D eigenvalue weighted by molar-refractivity contribution is 5.63. The smallest absolute Gasteiger partial charge is 0.151 e. The normalized spacial score (nSPS) is 11.7. The monoisotopic (exact) mass is 282 g/mol. The molecule has 0 aliphatic rings. The Hall–Kier alpha value is -2.08. The van der Waals surface area contributed by atoms with Crippen molar-refractivity contribution in [1.29, 1.82) is 0 Å². The summed E-state index contributed by atoms with van der Waals surface area (Å²) in [7, 11) is 0. The molecule has 0 atom stereocenters. The van der Waals surface area contributed by atoms with Crippen molar-refractivity contribution in [3.63, 3.8) is 0 Å². The lowest BCUT2D eigenvalue weighted by molar-refractivity contribution is 0.0779. The lowest BCUT2D eigenvalue weighted by atomic mass is 9.95. The summed E-state index contributed by atoms with van der Waals surface area (Å²) in [6, 6.07) is 2.84. The molecule has 3 N–H and O–H groups in total. The first-order valence-corrected chi connectivity index (χ1v) is 5.83. The van der Waals surface area contributed by atoms with E-state index < -0.39 is 34.3 Å². The van der Waals surface area contributed by atoms with Crippen molar-refractivity contribution in [2.75, 3.05) is 5.73 Å². The van der Waals surface area contributed by atoms with Crippen molar-refractivity contribution in [2.24, 2.45) is 0 Å². The number of hydrogen-bond acceptors (Lipinski definition) is 3. The minimum absolute atomic E-state index is 0.0482. The van der Waals surface area contributed by atoms with Gasteiger partial charge in [0.05, 0.1) is 23.0 Å². The summed E-state index contributed by atoms with van der Waals surface area (Å²) in [5, 5.41) is 9.75. The first-order chi connectivity index (χ1) is 9.20. The summed E-state index contributed by atoms with van der Waals surface area (Å²) in [6.45, 7) is 2.78. The molecular weight excluding hydrogens is 269 g/mol. The molecule has 0 saturated heterocycles. The topological polar surface area (TPSA) is 59.1 Å². The van der Waals surface area contributed by atoms with Crippen LogP contribution in [0, 0.1) is 17.5 Å². The molecule has 106 valence electrons. The molecule has 3 nitrogen and oxygen atoms in total. The first kappa shape index (κ1) is 14.3. The summed E-state index contributed by atoms with van der Waals surface area (Å²) in [5.41, 5.74) is 2.99. The zero-order chi connectivity index (χ0) is 15.1. The number of hydrogen-bond donors (Lipinski definition) is 2. The number of nitrogen functional groups attached to an aromatic ring is 1. The molecule has 0 amide bonds. The molecule has 0 bridgehead atoms. The molecule has 20 heavy (non-hydrogen) atoms. The second-order valence-corrected chi connectivity index (χ2v) is 4.97. The molecule has 0 spiro atoms. The largest absolute Gasteiger partial charge is 0.397 e. The fourth-order valence-corrected chi connectivity index (χ4v) is 1.79. The molecule has 0 aliphatic heterocycles. The van der Waals surface area contributed by atoms with Crippen LogP contribution in [0.2, 0.25) is 0 Å². The maximum absolute atomic E-state index is 14.0. The molecule has 1 aromatic heterocycles. The van der Waals surface area contributed by atoms with Gasteiger partial charge in [-0.05, 0) is 31.5 Å². The average molecular weight is 282 g/mol. The van der Waals surface area contributed by atoms with Gasteiger partial charge in [0, 0.05) is 6.07 Å². The molecule has 6 heteroatoms. The number of nitrogens with zero attached hydrogens (tertiary/aromatic N) is 1. The lowest BCUT2D eigenvalue weighted by Crippen LogP contribution is -2.16. The van der Waals surface area contributed by atoms with E-state index in [9.17, 15) is 18.3 Å². The maximum atomic E-state index is 14.0. The van der Waals surface area contributed by atoms with Crippen LogP contribution >= 0.6 is 0 Å². The van der Waals surface area contributed by atoms with Crippen molar-refractivity contribution >= 4 is 5.69 Å². The molecule has 2 rings (SSSR count). The number of anilines is 1. The standard InChI is InChI=1S/C14H13F3N2O/c1-14(2,20)7-3-9(15)12(10(16)4-7)13-11(17)5-8(18)6-19-13/h3-6,20H,18H2,1-2H3. The Labute approximate surface area is 113 Å². The van der Waals surface area contributed by atoms with Crippen LogP contribution < -0.4 is 5.73 Å². The van der Waals surface area contributed by atoms with Crippen LogP contribution in [0.3, 0.4) is 0 Å². The van der Waals surface area contributed by atoms with Gasteiger partial charge in [0.2, 0.25) is 0 Å². The van der Waals surface area contributed by atoms with Gasteiger partial charge in [-0.2, -0.15) is 0 Å². The van der Waals surface area contributed by atoms with E-state index in [1.165, 1.54) is 13.8 Å². The van der Waals surface area contributed by atoms with Gasteiger partial charge in [0.1, 0.15) is 17.3 Å². The number of nitrogens with two attached hydrogens (primary N) is 1. The predicted octanol–water partition coefficient (Wildman–Crippen LogP) is 2.98. The Balaban J connectivity index is 2.64. The molecular formula is C14H13F3N2O. The highest BCUT2D eigenvalue weighted by atomic mass is 19.1. The van der Waals surface area contributed by atoms with E-state index in [4.69, 9.17) is 5.73 Å². The van der Waals surface area contributed by atoms with Crippen LogP contribution in [0.4, 0.5) is 18.9 Å². The van der Waals surface area contributed by atoms with Gasteiger partial charge in [0.15, 0.2) is 5.82 Å². The zero-order valence-electron chi connectivity index (χ0n) is 10.9. The summed E-state index contributed by atoms with van der Waals surface area (Å²) in [6.07, 6.45) is 1.11. The van der Waals surface area contributed by atoms with E-state index in [0.717, 1.165) is 24.4 Å². The fraction of sp³-hybridized carbons (Fsp3) is 0.214. The second-order valence-electron chi connectivity index (χ2n) is 4.97. The highest BCUT2D eigenvalue weighted by Gasteiger charge is 2.23. The Morgan fingerprint density at radius 2 is 1.60 bits per heavy atom. The summed E-state index contributed by atoms with van der Waals surface area (Å²) < 4.78 is 41.7. The van der Waals surface area contributed by atoms with Gasteiger partial charge in [-0.25, -0.2) is 13.2 Å². The van der Waals surface area contributed by atoms with E-state index in [-0.39, 0.29) is 11.3 Å². The number of pyridine rings is 1. The molecule has 2 aromatic rings. The van der Waals surface area contributed by atoms with Crippen LogP contribution in [-0.2, 0) is 5.60 Å². The summed E-state index contributed by atoms with van der Waals surface area (Å²) in [5.74, 6) is -2.92. The molecule has 1 aromatic carbocycles. The Morgan fingerprint density at radius 1 is 1.05 bits per heavy atom. The summed E-state index contributed by atoms with van der Waals surface area (Å²) >= 11 is 0. The minimum Gasteiger partial charge on any atom is -0.397 e.